The lowest BCUT2D eigenvalue weighted by molar-refractivity contribution is -0.715. The molecule has 130 valence electrons. The van der Waals surface area contributed by atoms with Gasteiger partial charge in [-0.2, -0.15) is 0 Å². The lowest BCUT2D eigenvalue weighted by atomic mass is 9.85. The molecule has 5 heteroatoms. The number of carbonyl (C=O) groups is 2. The number of hydrogen-bond acceptors (Lipinski definition) is 3. The van der Waals surface area contributed by atoms with E-state index < -0.39 is 0 Å². The average molecular weight is 331 g/mol. The molecular formula is C19H27N2O3+. The van der Waals surface area contributed by atoms with E-state index in [1.807, 2.05) is 6.92 Å². The fourth-order valence-corrected chi connectivity index (χ4v) is 3.86. The summed E-state index contributed by atoms with van der Waals surface area (Å²) in [6.45, 7) is 4.78. The molecule has 2 amide bonds. The Balaban J connectivity index is 1.69. The maximum atomic E-state index is 12.7. The van der Waals surface area contributed by atoms with Crippen LogP contribution in [0.2, 0.25) is 0 Å². The first-order valence-electron chi connectivity index (χ1n) is 9.04. The van der Waals surface area contributed by atoms with Crippen molar-refractivity contribution in [3.8, 4) is 5.75 Å². The topological polar surface area (TPSA) is 63.2 Å². The van der Waals surface area contributed by atoms with Crippen molar-refractivity contribution in [3.05, 3.63) is 24.3 Å². The number of benzene rings is 1. The molecule has 2 N–H and O–H groups in total. The van der Waals surface area contributed by atoms with Gasteiger partial charge in [-0.3, -0.25) is 9.59 Å². The SMILES string of the molecule is CCOc1ccc(N2C(=O)C[C@H]([NH2+][C@H]3CCCC[C@@H]3C)C2=O)cc1. The van der Waals surface area contributed by atoms with Crippen molar-refractivity contribution in [1.29, 1.82) is 0 Å². The molecule has 0 aromatic heterocycles. The highest BCUT2D eigenvalue weighted by Crippen LogP contribution is 2.26. The molecule has 2 aliphatic rings. The van der Waals surface area contributed by atoms with Crippen molar-refractivity contribution in [3.63, 3.8) is 0 Å². The van der Waals surface area contributed by atoms with Gasteiger partial charge in [-0.05, 0) is 50.5 Å². The Morgan fingerprint density at radius 2 is 1.88 bits per heavy atom. The smallest absolute Gasteiger partial charge is 0.292 e. The number of nitrogens with two attached hydrogens (primary N) is 1. The van der Waals surface area contributed by atoms with Gasteiger partial charge in [0, 0.05) is 5.92 Å². The van der Waals surface area contributed by atoms with Crippen molar-refractivity contribution >= 4 is 17.5 Å². The van der Waals surface area contributed by atoms with Crippen LogP contribution in [0.5, 0.6) is 5.75 Å². The Kier molecular flexibility index (Phi) is 5.19. The summed E-state index contributed by atoms with van der Waals surface area (Å²) in [5, 5.41) is 2.15. The van der Waals surface area contributed by atoms with Crippen LogP contribution in [0.25, 0.3) is 0 Å². The van der Waals surface area contributed by atoms with E-state index in [4.69, 9.17) is 4.74 Å². The quantitative estimate of drug-likeness (QED) is 0.838. The molecule has 0 unspecified atom stereocenters. The largest absolute Gasteiger partial charge is 0.494 e. The molecule has 1 aromatic rings. The second-order valence-corrected chi connectivity index (χ2v) is 6.92. The van der Waals surface area contributed by atoms with Crippen LogP contribution < -0.4 is 15.0 Å². The minimum atomic E-state index is -0.269. The molecule has 1 saturated heterocycles. The number of anilines is 1. The molecule has 24 heavy (non-hydrogen) atoms. The molecule has 0 spiro atoms. The standard InChI is InChI=1S/C19H26N2O3/c1-3-24-15-10-8-14(9-11-15)21-18(22)12-17(19(21)23)20-16-7-5-4-6-13(16)2/h8-11,13,16-17,20H,3-7,12H2,1-2H3/p+1/t13-,16-,17-/m0/s1. The predicted molar refractivity (Wildman–Crippen MR) is 91.9 cm³/mol. The number of ether oxygens (including phenoxy) is 1. The second kappa shape index (κ2) is 7.34. The van der Waals surface area contributed by atoms with Crippen LogP contribution in [0.1, 0.15) is 46.0 Å². The van der Waals surface area contributed by atoms with Gasteiger partial charge in [-0.15, -0.1) is 0 Å². The van der Waals surface area contributed by atoms with Gasteiger partial charge in [-0.25, -0.2) is 4.90 Å². The minimum Gasteiger partial charge on any atom is -0.494 e. The Morgan fingerprint density at radius 1 is 1.17 bits per heavy atom. The minimum absolute atomic E-state index is 0.0815. The van der Waals surface area contributed by atoms with Crippen molar-refractivity contribution in [2.24, 2.45) is 5.92 Å². The molecule has 5 nitrogen and oxygen atoms in total. The highest BCUT2D eigenvalue weighted by Gasteiger charge is 2.44. The maximum absolute atomic E-state index is 12.7. The second-order valence-electron chi connectivity index (χ2n) is 6.92. The van der Waals surface area contributed by atoms with Crippen LogP contribution in [0, 0.1) is 5.92 Å². The summed E-state index contributed by atoms with van der Waals surface area (Å²) >= 11 is 0. The first-order valence-corrected chi connectivity index (χ1v) is 9.04. The zero-order chi connectivity index (χ0) is 17.1. The third-order valence-electron chi connectivity index (χ3n) is 5.24. The fraction of sp³-hybridized carbons (Fsp3) is 0.579. The molecule has 1 aliphatic carbocycles. The van der Waals surface area contributed by atoms with Gasteiger partial charge in [0.2, 0.25) is 5.91 Å². The van der Waals surface area contributed by atoms with Crippen molar-refractivity contribution in [2.75, 3.05) is 11.5 Å². The first-order chi connectivity index (χ1) is 11.6. The van der Waals surface area contributed by atoms with E-state index in [9.17, 15) is 9.59 Å². The number of nitrogens with zero attached hydrogens (tertiary/aromatic N) is 1. The lowest BCUT2D eigenvalue weighted by Gasteiger charge is -2.28. The van der Waals surface area contributed by atoms with E-state index in [1.165, 1.54) is 24.2 Å². The Hall–Kier alpha value is -1.88. The van der Waals surface area contributed by atoms with E-state index >= 15 is 0 Å². The molecule has 0 bridgehead atoms. The highest BCUT2D eigenvalue weighted by molar-refractivity contribution is 6.21. The van der Waals surface area contributed by atoms with Gasteiger partial charge in [0.25, 0.3) is 5.91 Å². The number of carbonyl (C=O) groups excluding carboxylic acids is 2. The summed E-state index contributed by atoms with van der Waals surface area (Å²) in [7, 11) is 0. The molecule has 3 rings (SSSR count). The van der Waals surface area contributed by atoms with Gasteiger partial charge < -0.3 is 10.1 Å². The number of amides is 2. The normalized spacial score (nSPS) is 27.6. The zero-order valence-corrected chi connectivity index (χ0v) is 14.5. The summed E-state index contributed by atoms with van der Waals surface area (Å²) in [4.78, 5) is 26.5. The third kappa shape index (κ3) is 3.46. The van der Waals surface area contributed by atoms with Gasteiger partial charge in [-0.1, -0.05) is 13.3 Å². The molecule has 0 radical (unpaired) electrons. The molecule has 1 aromatic carbocycles. The van der Waals surface area contributed by atoms with Gasteiger partial charge in [0.05, 0.1) is 24.8 Å². The number of hydrogen-bond donors (Lipinski definition) is 1. The molecule has 1 heterocycles. The van der Waals surface area contributed by atoms with E-state index in [0.717, 1.165) is 12.2 Å². The van der Waals surface area contributed by atoms with Crippen LogP contribution in [0.3, 0.4) is 0 Å². The van der Waals surface area contributed by atoms with E-state index in [-0.39, 0.29) is 17.9 Å². The van der Waals surface area contributed by atoms with E-state index in [1.54, 1.807) is 24.3 Å². The van der Waals surface area contributed by atoms with Crippen LogP contribution in [0.4, 0.5) is 5.69 Å². The fourth-order valence-electron chi connectivity index (χ4n) is 3.86. The Morgan fingerprint density at radius 3 is 2.54 bits per heavy atom. The summed E-state index contributed by atoms with van der Waals surface area (Å²) < 4.78 is 5.42. The van der Waals surface area contributed by atoms with Crippen LogP contribution in [0.15, 0.2) is 24.3 Å². The third-order valence-corrected chi connectivity index (χ3v) is 5.24. The first kappa shape index (κ1) is 17.0. The van der Waals surface area contributed by atoms with E-state index in [0.29, 0.717) is 30.7 Å². The molecule has 1 saturated carbocycles. The summed E-state index contributed by atoms with van der Waals surface area (Å²) in [5.41, 5.74) is 0.640. The number of rotatable bonds is 5. The maximum Gasteiger partial charge on any atom is 0.292 e. The van der Waals surface area contributed by atoms with Crippen LogP contribution in [-0.2, 0) is 9.59 Å². The summed E-state index contributed by atoms with van der Waals surface area (Å²) in [6, 6.07) is 7.37. The number of imide groups is 1. The Bertz CT molecular complexity index is 599. The number of quaternary nitrogens is 1. The zero-order valence-electron chi connectivity index (χ0n) is 14.5. The summed E-state index contributed by atoms with van der Waals surface area (Å²) in [5.74, 6) is 1.18. The summed E-state index contributed by atoms with van der Waals surface area (Å²) in [6.07, 6.45) is 5.17. The van der Waals surface area contributed by atoms with Crippen molar-refractivity contribution in [1.82, 2.24) is 0 Å². The molecule has 3 atom stereocenters. The van der Waals surface area contributed by atoms with Crippen LogP contribution >= 0.6 is 0 Å². The van der Waals surface area contributed by atoms with Crippen LogP contribution in [-0.4, -0.2) is 30.5 Å². The average Bonchev–Trinajstić information content (AvgIpc) is 2.85. The van der Waals surface area contributed by atoms with E-state index in [2.05, 4.69) is 12.2 Å². The molecule has 2 fully saturated rings. The highest BCUT2D eigenvalue weighted by atomic mass is 16.5. The lowest BCUT2D eigenvalue weighted by Crippen LogP contribution is -2.97. The van der Waals surface area contributed by atoms with Gasteiger partial charge >= 0.3 is 0 Å². The van der Waals surface area contributed by atoms with Crippen molar-refractivity contribution < 1.29 is 19.6 Å². The van der Waals surface area contributed by atoms with Gasteiger partial charge in [0.15, 0.2) is 6.04 Å². The molecule has 1 aliphatic heterocycles. The monoisotopic (exact) mass is 331 g/mol. The predicted octanol–water partition coefficient (Wildman–Crippen LogP) is 1.86. The van der Waals surface area contributed by atoms with Crippen molar-refractivity contribution in [2.45, 2.75) is 58.0 Å². The molecular weight excluding hydrogens is 304 g/mol. The van der Waals surface area contributed by atoms with Gasteiger partial charge in [0.1, 0.15) is 5.75 Å². The Labute approximate surface area is 143 Å².